The number of anilines is 1. The summed E-state index contributed by atoms with van der Waals surface area (Å²) in [6.07, 6.45) is 2.82. The summed E-state index contributed by atoms with van der Waals surface area (Å²) in [4.78, 5) is 23.1. The first kappa shape index (κ1) is 18.3. The number of aromatic nitrogens is 2. The molecule has 1 aromatic carbocycles. The van der Waals surface area contributed by atoms with Crippen LogP contribution in [0, 0.1) is 0 Å². The van der Waals surface area contributed by atoms with E-state index in [9.17, 15) is 4.79 Å². The summed E-state index contributed by atoms with van der Waals surface area (Å²) in [6, 6.07) is 7.74. The van der Waals surface area contributed by atoms with Gasteiger partial charge < -0.3 is 15.0 Å². The lowest BCUT2D eigenvalue weighted by Gasteiger charge is -2.25. The number of morpholine rings is 1. The number of carbonyl (C=O) groups is 1. The van der Waals surface area contributed by atoms with E-state index in [0.717, 1.165) is 50.7 Å². The number of ether oxygens (including phenoxy) is 1. The number of carbonyl (C=O) groups excluding carboxylic acids is 1. The molecule has 1 fully saturated rings. The maximum atomic E-state index is 12.6. The normalized spacial score (nSPS) is 20.3. The number of hydrogen-bond donors (Lipinski definition) is 2. The highest BCUT2D eigenvalue weighted by atomic mass is 35.5. The van der Waals surface area contributed by atoms with Gasteiger partial charge in [-0.05, 0) is 24.0 Å². The molecule has 1 atom stereocenters. The van der Waals surface area contributed by atoms with Gasteiger partial charge in [-0.1, -0.05) is 29.8 Å². The van der Waals surface area contributed by atoms with Crippen LogP contribution in [0.4, 0.5) is 5.95 Å². The van der Waals surface area contributed by atoms with Gasteiger partial charge in [0.1, 0.15) is 13.1 Å². The number of ketones is 1. The molecule has 7 heteroatoms. The Hall–Kier alpha value is -2.02. The van der Waals surface area contributed by atoms with E-state index in [0.29, 0.717) is 29.4 Å². The first-order valence-electron chi connectivity index (χ1n) is 9.49. The molecule has 2 aromatic rings. The van der Waals surface area contributed by atoms with Crippen molar-refractivity contribution in [1.82, 2.24) is 9.97 Å². The Kier molecular flexibility index (Phi) is 5.66. The first-order valence-corrected chi connectivity index (χ1v) is 9.87. The maximum absolute atomic E-state index is 12.6. The molecular weight excluding hydrogens is 364 g/mol. The predicted octanol–water partition coefficient (Wildman–Crippen LogP) is 1.37. The molecule has 0 unspecified atom stereocenters. The highest BCUT2D eigenvalue weighted by molar-refractivity contribution is 6.31. The summed E-state index contributed by atoms with van der Waals surface area (Å²) < 4.78 is 5.38. The summed E-state index contributed by atoms with van der Waals surface area (Å²) in [6.45, 7) is 5.55. The van der Waals surface area contributed by atoms with E-state index in [1.807, 2.05) is 24.3 Å². The summed E-state index contributed by atoms with van der Waals surface area (Å²) >= 11 is 6.34. The molecule has 2 aliphatic rings. The molecule has 2 heterocycles. The largest absolute Gasteiger partial charge is 0.370 e. The topological polar surface area (TPSA) is 68.5 Å². The number of nitrogens with one attached hydrogen (secondary N) is 2. The Morgan fingerprint density at radius 1 is 1.22 bits per heavy atom. The molecular formula is C20H24ClN4O2+. The third-order valence-corrected chi connectivity index (χ3v) is 5.69. The Morgan fingerprint density at radius 2 is 2.04 bits per heavy atom. The SMILES string of the molecule is O=C1C[C@@H](c2ccccc2Cl)Cc2nc(NCC[NH+]3CCOCC3)ncc21. The van der Waals surface area contributed by atoms with Crippen molar-refractivity contribution in [3.05, 3.63) is 52.3 Å². The van der Waals surface area contributed by atoms with Crippen molar-refractivity contribution in [2.24, 2.45) is 0 Å². The van der Waals surface area contributed by atoms with Gasteiger partial charge in [0, 0.05) is 17.6 Å². The van der Waals surface area contributed by atoms with E-state index in [1.165, 1.54) is 4.90 Å². The quantitative estimate of drug-likeness (QED) is 0.811. The van der Waals surface area contributed by atoms with E-state index in [4.69, 9.17) is 16.3 Å². The fourth-order valence-corrected chi connectivity index (χ4v) is 4.11. The molecule has 0 spiro atoms. The van der Waals surface area contributed by atoms with Gasteiger partial charge in [0.05, 0.1) is 37.6 Å². The Morgan fingerprint density at radius 3 is 2.85 bits per heavy atom. The third-order valence-electron chi connectivity index (χ3n) is 5.35. The zero-order chi connectivity index (χ0) is 18.6. The minimum absolute atomic E-state index is 0.0687. The molecule has 4 rings (SSSR count). The van der Waals surface area contributed by atoms with Crippen molar-refractivity contribution < 1.29 is 14.4 Å². The smallest absolute Gasteiger partial charge is 0.223 e. The molecule has 2 N–H and O–H groups in total. The lowest BCUT2D eigenvalue weighted by molar-refractivity contribution is -0.906. The van der Waals surface area contributed by atoms with E-state index >= 15 is 0 Å². The van der Waals surface area contributed by atoms with Crippen LogP contribution in [0.25, 0.3) is 0 Å². The second-order valence-corrected chi connectivity index (χ2v) is 7.55. The van der Waals surface area contributed by atoms with Gasteiger partial charge in [-0.2, -0.15) is 0 Å². The summed E-state index contributed by atoms with van der Waals surface area (Å²) in [5.74, 6) is 0.749. The number of fused-ring (bicyclic) bond motifs is 1. The predicted molar refractivity (Wildman–Crippen MR) is 104 cm³/mol. The second-order valence-electron chi connectivity index (χ2n) is 7.14. The van der Waals surface area contributed by atoms with Gasteiger partial charge in [-0.3, -0.25) is 4.79 Å². The molecule has 1 saturated heterocycles. The van der Waals surface area contributed by atoms with Crippen LogP contribution in [0.5, 0.6) is 0 Å². The summed E-state index contributed by atoms with van der Waals surface area (Å²) in [7, 11) is 0. The molecule has 142 valence electrons. The van der Waals surface area contributed by atoms with E-state index in [1.54, 1.807) is 6.20 Å². The van der Waals surface area contributed by atoms with Crippen LogP contribution in [0.3, 0.4) is 0 Å². The number of rotatable bonds is 5. The van der Waals surface area contributed by atoms with Gasteiger partial charge in [0.25, 0.3) is 0 Å². The summed E-state index contributed by atoms with van der Waals surface area (Å²) in [5.41, 5.74) is 2.47. The number of quaternary nitrogens is 1. The molecule has 6 nitrogen and oxygen atoms in total. The zero-order valence-electron chi connectivity index (χ0n) is 15.2. The summed E-state index contributed by atoms with van der Waals surface area (Å²) in [5, 5.41) is 4.01. The molecule has 0 bridgehead atoms. The van der Waals surface area contributed by atoms with Crippen LogP contribution in [0.15, 0.2) is 30.5 Å². The van der Waals surface area contributed by atoms with Gasteiger partial charge in [0.2, 0.25) is 5.95 Å². The van der Waals surface area contributed by atoms with Crippen LogP contribution in [-0.2, 0) is 11.2 Å². The van der Waals surface area contributed by atoms with Crippen molar-refractivity contribution in [2.45, 2.75) is 18.8 Å². The first-order chi connectivity index (χ1) is 13.2. The molecule has 1 aliphatic carbocycles. The van der Waals surface area contributed by atoms with Gasteiger partial charge in [0.15, 0.2) is 5.78 Å². The Labute approximate surface area is 163 Å². The Balaban J connectivity index is 1.44. The number of hydrogen-bond acceptors (Lipinski definition) is 5. The van der Waals surface area contributed by atoms with Crippen LogP contribution in [0.1, 0.15) is 34.0 Å². The van der Waals surface area contributed by atoms with Crippen LogP contribution in [-0.4, -0.2) is 55.1 Å². The fourth-order valence-electron chi connectivity index (χ4n) is 3.82. The van der Waals surface area contributed by atoms with E-state index < -0.39 is 0 Å². The lowest BCUT2D eigenvalue weighted by Crippen LogP contribution is -3.14. The standard InChI is InChI=1S/C20H23ClN4O2/c21-17-4-2-1-3-15(17)14-11-18-16(19(26)12-14)13-23-20(24-18)22-5-6-25-7-9-27-10-8-25/h1-4,13-14H,5-12H2,(H,22,23,24)/p+1/t14-/m0/s1. The molecule has 0 radical (unpaired) electrons. The third kappa shape index (κ3) is 4.29. The molecule has 0 saturated carbocycles. The highest BCUT2D eigenvalue weighted by Gasteiger charge is 2.29. The van der Waals surface area contributed by atoms with Crippen molar-refractivity contribution in [2.75, 3.05) is 44.7 Å². The van der Waals surface area contributed by atoms with Gasteiger partial charge in [-0.15, -0.1) is 0 Å². The molecule has 1 aliphatic heterocycles. The van der Waals surface area contributed by atoms with Gasteiger partial charge in [-0.25, -0.2) is 9.97 Å². The average molecular weight is 388 g/mol. The second kappa shape index (κ2) is 8.33. The molecule has 27 heavy (non-hydrogen) atoms. The van der Waals surface area contributed by atoms with E-state index in [-0.39, 0.29) is 11.7 Å². The van der Waals surface area contributed by atoms with Crippen LogP contribution < -0.4 is 10.2 Å². The molecule has 1 aromatic heterocycles. The number of Topliss-reactive ketones (excluding diaryl/α,β-unsaturated/α-hetero) is 1. The number of nitrogens with zero attached hydrogens (tertiary/aromatic N) is 2. The fraction of sp³-hybridized carbons (Fsp3) is 0.450. The average Bonchev–Trinajstić information content (AvgIpc) is 2.69. The minimum atomic E-state index is 0.0687. The Bertz CT molecular complexity index is 823. The van der Waals surface area contributed by atoms with Crippen molar-refractivity contribution in [3.63, 3.8) is 0 Å². The van der Waals surface area contributed by atoms with Crippen LogP contribution in [0.2, 0.25) is 5.02 Å². The molecule has 0 amide bonds. The lowest BCUT2D eigenvalue weighted by atomic mass is 9.82. The van der Waals surface area contributed by atoms with E-state index in [2.05, 4.69) is 15.3 Å². The number of benzene rings is 1. The van der Waals surface area contributed by atoms with Crippen LogP contribution >= 0.6 is 11.6 Å². The minimum Gasteiger partial charge on any atom is -0.370 e. The monoisotopic (exact) mass is 387 g/mol. The number of halogens is 1. The highest BCUT2D eigenvalue weighted by Crippen LogP contribution is 2.35. The van der Waals surface area contributed by atoms with Crippen molar-refractivity contribution >= 4 is 23.3 Å². The van der Waals surface area contributed by atoms with Gasteiger partial charge >= 0.3 is 0 Å². The maximum Gasteiger partial charge on any atom is 0.223 e. The van der Waals surface area contributed by atoms with Crippen molar-refractivity contribution in [1.29, 1.82) is 0 Å². The zero-order valence-corrected chi connectivity index (χ0v) is 16.0. The van der Waals surface area contributed by atoms with Crippen molar-refractivity contribution in [3.8, 4) is 0 Å².